The van der Waals surface area contributed by atoms with E-state index in [1.165, 1.54) is 25.7 Å². The van der Waals surface area contributed by atoms with Gasteiger partial charge in [-0.3, -0.25) is 0 Å². The first-order chi connectivity index (χ1) is 8.72. The van der Waals surface area contributed by atoms with Crippen LogP contribution in [0.1, 0.15) is 57.1 Å². The van der Waals surface area contributed by atoms with Gasteiger partial charge in [0.15, 0.2) is 0 Å². The van der Waals surface area contributed by atoms with E-state index in [2.05, 4.69) is 6.92 Å². The summed E-state index contributed by atoms with van der Waals surface area (Å²) in [4.78, 5) is 0. The average molecular weight is 267 g/mol. The van der Waals surface area contributed by atoms with Gasteiger partial charge >= 0.3 is 0 Å². The summed E-state index contributed by atoms with van der Waals surface area (Å²) >= 11 is 6.18. The molecular formula is C16H23ClO. The lowest BCUT2D eigenvalue weighted by molar-refractivity contribution is 0.0669. The SMILES string of the molecule is CCC[C@H]1CCC[C@H]([C@H](O)c2ccccc2Cl)C1. The Kier molecular flexibility index (Phi) is 5.08. The predicted octanol–water partition coefficient (Wildman–Crippen LogP) is 4.98. The molecule has 0 spiro atoms. The quantitative estimate of drug-likeness (QED) is 0.815. The monoisotopic (exact) mass is 266 g/mol. The number of aliphatic hydroxyl groups is 1. The molecule has 2 heteroatoms. The van der Waals surface area contributed by atoms with Crippen LogP contribution < -0.4 is 0 Å². The van der Waals surface area contributed by atoms with Gasteiger partial charge in [-0.25, -0.2) is 0 Å². The largest absolute Gasteiger partial charge is 0.388 e. The lowest BCUT2D eigenvalue weighted by atomic mass is 9.76. The number of rotatable bonds is 4. The van der Waals surface area contributed by atoms with Crippen molar-refractivity contribution in [3.05, 3.63) is 34.9 Å². The normalized spacial score (nSPS) is 25.9. The van der Waals surface area contributed by atoms with Crippen LogP contribution in [0.4, 0.5) is 0 Å². The number of halogens is 1. The van der Waals surface area contributed by atoms with E-state index in [1.807, 2.05) is 24.3 Å². The lowest BCUT2D eigenvalue weighted by Gasteiger charge is -2.32. The standard InChI is InChI=1S/C16H23ClO/c1-2-6-12-7-5-8-13(11-12)16(18)14-9-3-4-10-15(14)17/h3-4,9-10,12-13,16,18H,2,5-8,11H2,1H3/t12-,13-,16-/m0/s1. The molecule has 1 saturated carbocycles. The van der Waals surface area contributed by atoms with Crippen LogP contribution in [0.25, 0.3) is 0 Å². The van der Waals surface area contributed by atoms with E-state index >= 15 is 0 Å². The maximum Gasteiger partial charge on any atom is 0.0832 e. The van der Waals surface area contributed by atoms with E-state index < -0.39 is 6.10 Å². The zero-order valence-corrected chi connectivity index (χ0v) is 11.9. The van der Waals surface area contributed by atoms with Crippen LogP contribution in [0.2, 0.25) is 5.02 Å². The van der Waals surface area contributed by atoms with Crippen molar-refractivity contribution in [1.82, 2.24) is 0 Å². The Morgan fingerprint density at radius 3 is 2.83 bits per heavy atom. The molecular weight excluding hydrogens is 244 g/mol. The topological polar surface area (TPSA) is 20.2 Å². The number of aliphatic hydroxyl groups excluding tert-OH is 1. The van der Waals surface area contributed by atoms with Gasteiger partial charge in [0.2, 0.25) is 0 Å². The fourth-order valence-corrected chi connectivity index (χ4v) is 3.51. The van der Waals surface area contributed by atoms with Crippen molar-refractivity contribution in [1.29, 1.82) is 0 Å². The van der Waals surface area contributed by atoms with E-state index in [1.54, 1.807) is 0 Å². The highest BCUT2D eigenvalue weighted by atomic mass is 35.5. The molecule has 0 amide bonds. The van der Waals surface area contributed by atoms with Crippen LogP contribution in [0.15, 0.2) is 24.3 Å². The molecule has 0 radical (unpaired) electrons. The maximum atomic E-state index is 10.5. The molecule has 1 N–H and O–H groups in total. The van der Waals surface area contributed by atoms with Gasteiger partial charge in [-0.1, -0.05) is 62.4 Å². The first-order valence-electron chi connectivity index (χ1n) is 7.14. The Labute approximate surface area is 115 Å². The van der Waals surface area contributed by atoms with E-state index in [9.17, 15) is 5.11 Å². The zero-order chi connectivity index (χ0) is 13.0. The third-order valence-electron chi connectivity index (χ3n) is 4.19. The van der Waals surface area contributed by atoms with E-state index in [-0.39, 0.29) is 0 Å². The van der Waals surface area contributed by atoms with E-state index in [4.69, 9.17) is 11.6 Å². The molecule has 2 rings (SSSR count). The molecule has 1 aromatic carbocycles. The predicted molar refractivity (Wildman–Crippen MR) is 76.8 cm³/mol. The molecule has 1 nitrogen and oxygen atoms in total. The summed E-state index contributed by atoms with van der Waals surface area (Å²) in [6, 6.07) is 7.69. The highest BCUT2D eigenvalue weighted by Gasteiger charge is 2.28. The zero-order valence-electron chi connectivity index (χ0n) is 11.1. The summed E-state index contributed by atoms with van der Waals surface area (Å²) in [5.74, 6) is 1.18. The van der Waals surface area contributed by atoms with E-state index in [0.717, 1.165) is 24.3 Å². The molecule has 0 unspecified atom stereocenters. The van der Waals surface area contributed by atoms with Crippen molar-refractivity contribution < 1.29 is 5.11 Å². The number of benzene rings is 1. The van der Waals surface area contributed by atoms with E-state index in [0.29, 0.717) is 10.9 Å². The smallest absolute Gasteiger partial charge is 0.0832 e. The van der Waals surface area contributed by atoms with Gasteiger partial charge in [0.25, 0.3) is 0 Å². The van der Waals surface area contributed by atoms with Gasteiger partial charge in [-0.2, -0.15) is 0 Å². The van der Waals surface area contributed by atoms with Crippen molar-refractivity contribution >= 4 is 11.6 Å². The molecule has 0 aliphatic heterocycles. The fraction of sp³-hybridized carbons (Fsp3) is 0.625. The van der Waals surface area contributed by atoms with Crippen molar-refractivity contribution in [2.75, 3.05) is 0 Å². The Bertz CT molecular complexity index is 375. The Hall–Kier alpha value is -0.530. The van der Waals surface area contributed by atoms with Gasteiger partial charge in [-0.15, -0.1) is 0 Å². The van der Waals surface area contributed by atoms with Crippen molar-refractivity contribution in [3.63, 3.8) is 0 Å². The minimum absolute atomic E-state index is 0.384. The van der Waals surface area contributed by atoms with Crippen LogP contribution >= 0.6 is 11.6 Å². The molecule has 18 heavy (non-hydrogen) atoms. The van der Waals surface area contributed by atoms with Crippen LogP contribution in [-0.4, -0.2) is 5.11 Å². The second-order valence-electron chi connectivity index (χ2n) is 5.55. The molecule has 100 valence electrons. The van der Waals surface area contributed by atoms with Crippen molar-refractivity contribution in [3.8, 4) is 0 Å². The third-order valence-corrected chi connectivity index (χ3v) is 4.53. The molecule has 0 aromatic heterocycles. The summed E-state index contributed by atoms with van der Waals surface area (Å²) in [5, 5.41) is 11.2. The van der Waals surface area contributed by atoms with Crippen LogP contribution in [0.3, 0.4) is 0 Å². The number of hydrogen-bond acceptors (Lipinski definition) is 1. The van der Waals surface area contributed by atoms with Crippen LogP contribution in [0.5, 0.6) is 0 Å². The third kappa shape index (κ3) is 3.27. The Morgan fingerprint density at radius 2 is 2.11 bits per heavy atom. The van der Waals surface area contributed by atoms with Gasteiger partial charge in [0.05, 0.1) is 6.10 Å². The fourth-order valence-electron chi connectivity index (χ4n) is 3.26. The first-order valence-corrected chi connectivity index (χ1v) is 7.52. The highest BCUT2D eigenvalue weighted by Crippen LogP contribution is 2.40. The van der Waals surface area contributed by atoms with Crippen LogP contribution in [0, 0.1) is 11.8 Å². The molecule has 0 saturated heterocycles. The van der Waals surface area contributed by atoms with Crippen molar-refractivity contribution in [2.24, 2.45) is 11.8 Å². The summed E-state index contributed by atoms with van der Waals surface area (Å²) in [5.41, 5.74) is 0.904. The van der Waals surface area contributed by atoms with Crippen molar-refractivity contribution in [2.45, 2.75) is 51.6 Å². The molecule has 0 heterocycles. The van der Waals surface area contributed by atoms with Gasteiger partial charge in [0, 0.05) is 5.02 Å². The summed E-state index contributed by atoms with van der Waals surface area (Å²) in [6.07, 6.45) is 7.02. The second kappa shape index (κ2) is 6.58. The molecule has 3 atom stereocenters. The minimum Gasteiger partial charge on any atom is -0.388 e. The molecule has 0 bridgehead atoms. The maximum absolute atomic E-state index is 10.5. The van der Waals surface area contributed by atoms with Gasteiger partial charge < -0.3 is 5.11 Å². The molecule has 1 fully saturated rings. The Balaban J connectivity index is 2.04. The van der Waals surface area contributed by atoms with Gasteiger partial charge in [0.1, 0.15) is 0 Å². The summed E-state index contributed by atoms with van der Waals surface area (Å²) in [6.45, 7) is 2.24. The summed E-state index contributed by atoms with van der Waals surface area (Å²) in [7, 11) is 0. The first kappa shape index (κ1) is 13.9. The van der Waals surface area contributed by atoms with Gasteiger partial charge in [-0.05, 0) is 36.3 Å². The van der Waals surface area contributed by atoms with Crippen LogP contribution in [-0.2, 0) is 0 Å². The molecule has 1 aliphatic rings. The number of hydrogen-bond donors (Lipinski definition) is 1. The Morgan fingerprint density at radius 1 is 1.33 bits per heavy atom. The second-order valence-corrected chi connectivity index (χ2v) is 5.95. The highest BCUT2D eigenvalue weighted by molar-refractivity contribution is 6.31. The minimum atomic E-state index is -0.390. The molecule has 1 aromatic rings. The summed E-state index contributed by atoms with van der Waals surface area (Å²) < 4.78 is 0. The molecule has 1 aliphatic carbocycles. The lowest BCUT2D eigenvalue weighted by Crippen LogP contribution is -2.21. The average Bonchev–Trinajstić information content (AvgIpc) is 2.39.